The Labute approximate surface area is 153 Å². The summed E-state index contributed by atoms with van der Waals surface area (Å²) in [7, 11) is -4.11. The van der Waals surface area contributed by atoms with E-state index < -0.39 is 54.8 Å². The van der Waals surface area contributed by atoms with Crippen molar-refractivity contribution in [2.45, 2.75) is 12.2 Å². The van der Waals surface area contributed by atoms with Crippen molar-refractivity contribution in [1.29, 1.82) is 0 Å². The van der Waals surface area contributed by atoms with Crippen molar-refractivity contribution in [2.75, 3.05) is 11.5 Å². The lowest BCUT2D eigenvalue weighted by molar-refractivity contribution is -0.386. The monoisotopic (exact) mass is 396 g/mol. The van der Waals surface area contributed by atoms with Gasteiger partial charge in [0.15, 0.2) is 9.84 Å². The molecule has 0 bridgehead atoms. The minimum Gasteiger partial charge on any atom is -0.387 e. The van der Waals surface area contributed by atoms with E-state index in [1.165, 1.54) is 36.4 Å². The fourth-order valence-electron chi connectivity index (χ4n) is 2.60. The summed E-state index contributed by atoms with van der Waals surface area (Å²) in [6.45, 7) is 0. The maximum atomic E-state index is 12.3. The van der Waals surface area contributed by atoms with Gasteiger partial charge in [-0.25, -0.2) is 8.42 Å². The molecule has 2 aromatic rings. The SMILES string of the molecule is O=[N+]([O-])c1ccccc1C(O)CS(=O)(=O)CC(O)c1ccccc1[N+](=O)[O-]. The van der Waals surface area contributed by atoms with Crippen LogP contribution in [0.3, 0.4) is 0 Å². The molecule has 2 unspecified atom stereocenters. The first kappa shape index (κ1) is 20.4. The van der Waals surface area contributed by atoms with Crippen LogP contribution in [0.5, 0.6) is 0 Å². The second kappa shape index (κ2) is 8.20. The zero-order valence-corrected chi connectivity index (χ0v) is 14.7. The summed E-state index contributed by atoms with van der Waals surface area (Å²) in [6, 6.07) is 10.3. The third-order valence-electron chi connectivity index (χ3n) is 3.81. The zero-order valence-electron chi connectivity index (χ0n) is 13.8. The molecule has 0 fully saturated rings. The maximum Gasteiger partial charge on any atom is 0.275 e. The predicted octanol–water partition coefficient (Wildman–Crippen LogP) is 1.68. The second-order valence-corrected chi connectivity index (χ2v) is 7.89. The van der Waals surface area contributed by atoms with Crippen LogP contribution in [-0.2, 0) is 9.84 Å². The molecule has 0 saturated heterocycles. The van der Waals surface area contributed by atoms with Gasteiger partial charge in [0.1, 0.15) is 0 Å². The quantitative estimate of drug-likeness (QED) is 0.503. The Morgan fingerprint density at radius 1 is 0.778 bits per heavy atom. The van der Waals surface area contributed by atoms with Gasteiger partial charge in [-0.2, -0.15) is 0 Å². The van der Waals surface area contributed by atoms with Gasteiger partial charge in [-0.1, -0.05) is 24.3 Å². The van der Waals surface area contributed by atoms with Gasteiger partial charge in [0.05, 0.1) is 44.7 Å². The van der Waals surface area contributed by atoms with Crippen molar-refractivity contribution < 1.29 is 28.5 Å². The van der Waals surface area contributed by atoms with Gasteiger partial charge >= 0.3 is 0 Å². The average Bonchev–Trinajstić information content (AvgIpc) is 2.60. The summed E-state index contributed by atoms with van der Waals surface area (Å²) in [5.74, 6) is -1.76. The molecular weight excluding hydrogens is 380 g/mol. The number of nitro groups is 2. The zero-order chi connectivity index (χ0) is 20.2. The molecular formula is C16H16N2O8S. The summed E-state index contributed by atoms with van der Waals surface area (Å²) in [4.78, 5) is 20.5. The topological polar surface area (TPSA) is 161 Å². The highest BCUT2D eigenvalue weighted by Gasteiger charge is 2.29. The van der Waals surface area contributed by atoms with Gasteiger partial charge in [0, 0.05) is 12.1 Å². The first-order valence-corrected chi connectivity index (χ1v) is 9.47. The molecule has 2 aromatic carbocycles. The van der Waals surface area contributed by atoms with Gasteiger partial charge in [0.2, 0.25) is 0 Å². The molecule has 11 heteroatoms. The Hall–Kier alpha value is -2.89. The van der Waals surface area contributed by atoms with Gasteiger partial charge in [-0.05, 0) is 12.1 Å². The molecule has 0 amide bonds. The predicted molar refractivity (Wildman–Crippen MR) is 94.8 cm³/mol. The number of rotatable bonds is 8. The Balaban J connectivity index is 2.20. The summed E-state index contributed by atoms with van der Waals surface area (Å²) >= 11 is 0. The Bertz CT molecular complexity index is 889. The minimum absolute atomic E-state index is 0.175. The van der Waals surface area contributed by atoms with E-state index in [-0.39, 0.29) is 11.1 Å². The van der Waals surface area contributed by atoms with E-state index in [1.54, 1.807) is 0 Å². The van der Waals surface area contributed by atoms with Crippen molar-refractivity contribution >= 4 is 21.2 Å². The number of aliphatic hydroxyl groups is 2. The van der Waals surface area contributed by atoms with Crippen molar-refractivity contribution in [3.8, 4) is 0 Å². The molecule has 144 valence electrons. The number of sulfone groups is 1. The van der Waals surface area contributed by atoms with Crippen molar-refractivity contribution in [1.82, 2.24) is 0 Å². The summed E-state index contributed by atoms with van der Waals surface area (Å²) in [5, 5.41) is 42.3. The van der Waals surface area contributed by atoms with E-state index in [2.05, 4.69) is 0 Å². The fraction of sp³-hybridized carbons (Fsp3) is 0.250. The smallest absolute Gasteiger partial charge is 0.275 e. The van der Waals surface area contributed by atoms with Crippen LogP contribution < -0.4 is 0 Å². The Morgan fingerprint density at radius 3 is 1.44 bits per heavy atom. The molecule has 27 heavy (non-hydrogen) atoms. The lowest BCUT2D eigenvalue weighted by Crippen LogP contribution is -2.22. The molecule has 0 spiro atoms. The van der Waals surface area contributed by atoms with E-state index in [9.17, 15) is 38.9 Å². The van der Waals surface area contributed by atoms with Crippen molar-refractivity contribution in [3.05, 3.63) is 79.9 Å². The van der Waals surface area contributed by atoms with Gasteiger partial charge < -0.3 is 10.2 Å². The first-order valence-electron chi connectivity index (χ1n) is 7.65. The molecule has 0 aliphatic carbocycles. The minimum atomic E-state index is -4.11. The van der Waals surface area contributed by atoms with Crippen molar-refractivity contribution in [2.24, 2.45) is 0 Å². The summed E-state index contributed by atoms with van der Waals surface area (Å²) in [5.41, 5.74) is -1.21. The molecule has 0 aliphatic rings. The van der Waals surface area contributed by atoms with Crippen LogP contribution in [0.2, 0.25) is 0 Å². The normalized spacial score (nSPS) is 13.7. The number of para-hydroxylation sites is 2. The molecule has 2 atom stereocenters. The van der Waals surface area contributed by atoms with Gasteiger partial charge in [-0.15, -0.1) is 0 Å². The Kier molecular flexibility index (Phi) is 6.20. The fourth-order valence-corrected chi connectivity index (χ4v) is 4.06. The number of benzene rings is 2. The molecule has 0 saturated carbocycles. The lowest BCUT2D eigenvalue weighted by atomic mass is 10.1. The summed E-state index contributed by atoms with van der Waals surface area (Å²) in [6.07, 6.45) is -3.37. The molecule has 0 heterocycles. The highest BCUT2D eigenvalue weighted by molar-refractivity contribution is 7.91. The lowest BCUT2D eigenvalue weighted by Gasteiger charge is -2.15. The van der Waals surface area contributed by atoms with E-state index in [1.807, 2.05) is 0 Å². The molecule has 0 aromatic heterocycles. The molecule has 10 nitrogen and oxygen atoms in total. The van der Waals surface area contributed by atoms with Crippen LogP contribution in [0, 0.1) is 20.2 Å². The van der Waals surface area contributed by atoms with Crippen LogP contribution in [-0.4, -0.2) is 40.0 Å². The molecule has 2 rings (SSSR count). The molecule has 0 radical (unpaired) electrons. The number of nitrogens with zero attached hydrogens (tertiary/aromatic N) is 2. The first-order chi connectivity index (χ1) is 12.6. The number of aliphatic hydroxyl groups excluding tert-OH is 2. The summed E-state index contributed by atoms with van der Waals surface area (Å²) < 4.78 is 24.6. The largest absolute Gasteiger partial charge is 0.387 e. The maximum absolute atomic E-state index is 12.3. The van der Waals surface area contributed by atoms with Crippen LogP contribution in [0.15, 0.2) is 48.5 Å². The van der Waals surface area contributed by atoms with Crippen molar-refractivity contribution in [3.63, 3.8) is 0 Å². The van der Waals surface area contributed by atoms with E-state index in [4.69, 9.17) is 0 Å². The van der Waals surface area contributed by atoms with Crippen LogP contribution in [0.1, 0.15) is 23.3 Å². The average molecular weight is 396 g/mol. The van der Waals surface area contributed by atoms with Gasteiger partial charge in [0.25, 0.3) is 11.4 Å². The third kappa shape index (κ3) is 5.06. The molecule has 2 N–H and O–H groups in total. The highest BCUT2D eigenvalue weighted by Crippen LogP contribution is 2.29. The van der Waals surface area contributed by atoms with Crippen LogP contribution in [0.4, 0.5) is 11.4 Å². The third-order valence-corrected chi connectivity index (χ3v) is 5.46. The Morgan fingerprint density at radius 2 is 1.11 bits per heavy atom. The van der Waals surface area contributed by atoms with Gasteiger partial charge in [-0.3, -0.25) is 20.2 Å². The van der Waals surface area contributed by atoms with E-state index in [0.29, 0.717) is 0 Å². The van der Waals surface area contributed by atoms with Crippen LogP contribution in [0.25, 0.3) is 0 Å². The number of hydrogen-bond acceptors (Lipinski definition) is 8. The van der Waals surface area contributed by atoms with E-state index >= 15 is 0 Å². The number of hydrogen-bond donors (Lipinski definition) is 2. The highest BCUT2D eigenvalue weighted by atomic mass is 32.2. The van der Waals surface area contributed by atoms with Crippen LogP contribution >= 0.6 is 0 Å². The number of nitro benzene ring substituents is 2. The standard InChI is InChI=1S/C16H16N2O8S/c19-15(11-5-1-3-7-13(11)17(21)22)9-27(25,26)10-16(20)12-6-2-4-8-14(12)18(23)24/h1-8,15-16,19-20H,9-10H2. The molecule has 0 aliphatic heterocycles. The van der Waals surface area contributed by atoms with E-state index in [0.717, 1.165) is 12.1 Å². The second-order valence-electron chi connectivity index (χ2n) is 5.74.